The number of hydrogen-bond acceptors (Lipinski definition) is 6. The lowest BCUT2D eigenvalue weighted by atomic mass is 10.2. The van der Waals surface area contributed by atoms with Crippen molar-refractivity contribution in [2.75, 3.05) is 22.5 Å². The van der Waals surface area contributed by atoms with Crippen molar-refractivity contribution < 1.29 is 26.4 Å². The standard InChI is InChI=1S/C10H14FN3O5S2/c1-20(16,17)4-5-21(18,19)14-9-3-2-7(6-8(9)11)10(12)13-15/h2-3,6,14-15H,4-5H2,1H3,(H2,12,13). The number of halogens is 1. The number of benzene rings is 1. The van der Waals surface area contributed by atoms with E-state index in [0.717, 1.165) is 18.4 Å². The Balaban J connectivity index is 2.93. The summed E-state index contributed by atoms with van der Waals surface area (Å²) in [7, 11) is -7.46. The molecule has 0 unspecified atom stereocenters. The summed E-state index contributed by atoms with van der Waals surface area (Å²) in [6.45, 7) is 0. The number of nitrogens with zero attached hydrogens (tertiary/aromatic N) is 1. The van der Waals surface area contributed by atoms with E-state index < -0.39 is 37.2 Å². The number of sulfone groups is 1. The maximum absolute atomic E-state index is 13.7. The Morgan fingerprint density at radius 1 is 1.33 bits per heavy atom. The minimum absolute atomic E-state index is 0.0640. The number of hydrogen-bond donors (Lipinski definition) is 3. The molecule has 4 N–H and O–H groups in total. The van der Waals surface area contributed by atoms with E-state index in [4.69, 9.17) is 10.9 Å². The molecule has 1 aromatic rings. The molecule has 21 heavy (non-hydrogen) atoms. The van der Waals surface area contributed by atoms with Crippen molar-refractivity contribution in [1.29, 1.82) is 0 Å². The van der Waals surface area contributed by atoms with Crippen LogP contribution in [0.15, 0.2) is 23.4 Å². The van der Waals surface area contributed by atoms with Crippen LogP contribution in [0.1, 0.15) is 5.56 Å². The predicted octanol–water partition coefficient (Wildman–Crippen LogP) is -0.293. The van der Waals surface area contributed by atoms with Gasteiger partial charge in [-0.2, -0.15) is 0 Å². The molecule has 0 aliphatic heterocycles. The highest BCUT2D eigenvalue weighted by atomic mass is 32.2. The van der Waals surface area contributed by atoms with Gasteiger partial charge in [-0.15, -0.1) is 0 Å². The van der Waals surface area contributed by atoms with Crippen LogP contribution < -0.4 is 10.5 Å². The van der Waals surface area contributed by atoms with E-state index in [-0.39, 0.29) is 17.1 Å². The highest BCUT2D eigenvalue weighted by Gasteiger charge is 2.17. The van der Waals surface area contributed by atoms with Crippen LogP contribution >= 0.6 is 0 Å². The summed E-state index contributed by atoms with van der Waals surface area (Å²) < 4.78 is 60.8. The molecule has 0 radical (unpaired) electrons. The first kappa shape index (κ1) is 17.2. The van der Waals surface area contributed by atoms with E-state index in [9.17, 15) is 21.2 Å². The van der Waals surface area contributed by atoms with Gasteiger partial charge in [-0.25, -0.2) is 21.2 Å². The van der Waals surface area contributed by atoms with Gasteiger partial charge < -0.3 is 10.9 Å². The van der Waals surface area contributed by atoms with Crippen LogP contribution in [0.2, 0.25) is 0 Å². The van der Waals surface area contributed by atoms with Crippen LogP contribution in [0.5, 0.6) is 0 Å². The van der Waals surface area contributed by atoms with E-state index in [1.54, 1.807) is 0 Å². The van der Waals surface area contributed by atoms with Crippen LogP contribution in [-0.2, 0) is 19.9 Å². The normalized spacial score (nSPS) is 13.1. The molecule has 0 amide bonds. The largest absolute Gasteiger partial charge is 0.409 e. The molecule has 1 aromatic carbocycles. The molecular formula is C10H14FN3O5S2. The fourth-order valence-corrected chi connectivity index (χ4v) is 3.99. The van der Waals surface area contributed by atoms with Gasteiger partial charge in [0.15, 0.2) is 5.84 Å². The Bertz CT molecular complexity index is 759. The number of sulfonamides is 1. The molecule has 0 aliphatic carbocycles. The Hall–Kier alpha value is -1.88. The van der Waals surface area contributed by atoms with Crippen LogP contribution in [-0.4, -0.2) is 45.6 Å². The molecule has 0 saturated heterocycles. The van der Waals surface area contributed by atoms with E-state index >= 15 is 0 Å². The Labute approximate surface area is 121 Å². The predicted molar refractivity (Wildman–Crippen MR) is 76.0 cm³/mol. The zero-order valence-corrected chi connectivity index (χ0v) is 12.6. The van der Waals surface area contributed by atoms with Crippen LogP contribution in [0.25, 0.3) is 0 Å². The molecule has 1 rings (SSSR count). The van der Waals surface area contributed by atoms with Gasteiger partial charge in [-0.05, 0) is 18.2 Å². The van der Waals surface area contributed by atoms with Crippen LogP contribution in [0, 0.1) is 5.82 Å². The minimum atomic E-state index is -4.01. The topological polar surface area (TPSA) is 139 Å². The van der Waals surface area contributed by atoms with Gasteiger partial charge in [-0.3, -0.25) is 4.72 Å². The first-order valence-corrected chi connectivity index (χ1v) is 9.21. The van der Waals surface area contributed by atoms with Crippen molar-refractivity contribution in [3.63, 3.8) is 0 Å². The van der Waals surface area contributed by atoms with Crippen LogP contribution in [0.4, 0.5) is 10.1 Å². The van der Waals surface area contributed by atoms with Crippen LogP contribution in [0.3, 0.4) is 0 Å². The fraction of sp³-hybridized carbons (Fsp3) is 0.300. The van der Waals surface area contributed by atoms with Crippen molar-refractivity contribution >= 4 is 31.4 Å². The maximum Gasteiger partial charge on any atom is 0.233 e. The van der Waals surface area contributed by atoms with Crippen molar-refractivity contribution in [3.8, 4) is 0 Å². The summed E-state index contributed by atoms with van der Waals surface area (Å²) in [6, 6.07) is 3.21. The lowest BCUT2D eigenvalue weighted by Crippen LogP contribution is -2.23. The highest BCUT2D eigenvalue weighted by Crippen LogP contribution is 2.17. The lowest BCUT2D eigenvalue weighted by molar-refractivity contribution is 0.318. The number of amidine groups is 1. The third-order valence-electron chi connectivity index (χ3n) is 2.36. The number of oxime groups is 1. The Kier molecular flexibility index (Phi) is 5.12. The zero-order chi connectivity index (χ0) is 16.3. The molecule has 0 fully saturated rings. The number of nitrogens with two attached hydrogens (primary N) is 1. The number of anilines is 1. The van der Waals surface area contributed by atoms with Gasteiger partial charge >= 0.3 is 0 Å². The molecule has 0 spiro atoms. The summed E-state index contributed by atoms with van der Waals surface area (Å²) >= 11 is 0. The van der Waals surface area contributed by atoms with E-state index in [2.05, 4.69) is 5.16 Å². The minimum Gasteiger partial charge on any atom is -0.409 e. The first-order chi connectivity index (χ1) is 9.54. The average molecular weight is 339 g/mol. The van der Waals surface area contributed by atoms with Crippen molar-refractivity contribution in [3.05, 3.63) is 29.6 Å². The molecule has 0 aliphatic rings. The van der Waals surface area contributed by atoms with E-state index in [0.29, 0.717) is 0 Å². The second-order valence-corrected chi connectivity index (χ2v) is 8.33. The van der Waals surface area contributed by atoms with Crippen molar-refractivity contribution in [1.82, 2.24) is 0 Å². The SMILES string of the molecule is CS(=O)(=O)CCS(=O)(=O)Nc1ccc(/C(N)=N/O)cc1F. The maximum atomic E-state index is 13.7. The quantitative estimate of drug-likeness (QED) is 0.282. The lowest BCUT2D eigenvalue weighted by Gasteiger charge is -2.09. The van der Waals surface area contributed by atoms with Gasteiger partial charge in [0.2, 0.25) is 10.0 Å². The molecule has 0 bridgehead atoms. The molecular weight excluding hydrogens is 325 g/mol. The second kappa shape index (κ2) is 6.26. The van der Waals surface area contributed by atoms with Gasteiger partial charge in [0.05, 0.1) is 17.2 Å². The van der Waals surface area contributed by atoms with E-state index in [1.165, 1.54) is 6.07 Å². The van der Waals surface area contributed by atoms with Gasteiger partial charge in [0.1, 0.15) is 15.7 Å². The summed E-state index contributed by atoms with van der Waals surface area (Å²) in [5, 5.41) is 11.1. The number of rotatable bonds is 6. The highest BCUT2D eigenvalue weighted by molar-refractivity contribution is 7.95. The van der Waals surface area contributed by atoms with Crippen molar-refractivity contribution in [2.45, 2.75) is 0 Å². The third-order valence-corrected chi connectivity index (χ3v) is 4.84. The van der Waals surface area contributed by atoms with Crippen molar-refractivity contribution in [2.24, 2.45) is 10.9 Å². The second-order valence-electron chi connectivity index (χ2n) is 4.23. The molecule has 0 atom stereocenters. The number of nitrogens with one attached hydrogen (secondary N) is 1. The van der Waals surface area contributed by atoms with Gasteiger partial charge in [-0.1, -0.05) is 5.16 Å². The zero-order valence-electron chi connectivity index (χ0n) is 10.9. The van der Waals surface area contributed by atoms with Gasteiger partial charge in [0.25, 0.3) is 0 Å². The van der Waals surface area contributed by atoms with Gasteiger partial charge in [0, 0.05) is 11.8 Å². The smallest absolute Gasteiger partial charge is 0.233 e. The monoisotopic (exact) mass is 339 g/mol. The molecule has 118 valence electrons. The molecule has 0 heterocycles. The summed E-state index contributed by atoms with van der Waals surface area (Å²) in [5.41, 5.74) is 4.97. The molecule has 11 heteroatoms. The third kappa shape index (κ3) is 5.55. The average Bonchev–Trinajstić information content (AvgIpc) is 2.37. The summed E-state index contributed by atoms with van der Waals surface area (Å²) in [6.07, 6.45) is 0.898. The Morgan fingerprint density at radius 3 is 2.43 bits per heavy atom. The molecule has 0 aromatic heterocycles. The Morgan fingerprint density at radius 2 is 1.95 bits per heavy atom. The first-order valence-electron chi connectivity index (χ1n) is 5.50. The molecule has 0 saturated carbocycles. The molecule has 8 nitrogen and oxygen atoms in total. The fourth-order valence-electron chi connectivity index (χ4n) is 1.29. The summed E-state index contributed by atoms with van der Waals surface area (Å²) in [4.78, 5) is 0. The van der Waals surface area contributed by atoms with E-state index in [1.807, 2.05) is 4.72 Å². The summed E-state index contributed by atoms with van der Waals surface area (Å²) in [5.74, 6) is -2.54.